The molecular formula is C22H17Cl3N2OS. The van der Waals surface area contributed by atoms with E-state index in [2.05, 4.69) is 5.32 Å². The lowest BCUT2D eigenvalue weighted by molar-refractivity contribution is -0.578. The van der Waals surface area contributed by atoms with E-state index >= 15 is 0 Å². The zero-order valence-electron chi connectivity index (χ0n) is 15.7. The third-order valence-electron chi connectivity index (χ3n) is 4.33. The van der Waals surface area contributed by atoms with Gasteiger partial charge in [0.25, 0.3) is 0 Å². The van der Waals surface area contributed by atoms with E-state index in [1.54, 1.807) is 29.0 Å². The molecule has 0 aliphatic carbocycles. The van der Waals surface area contributed by atoms with Crippen LogP contribution in [0.3, 0.4) is 0 Å². The number of benzene rings is 2. The fourth-order valence-corrected chi connectivity index (χ4v) is 3.65. The molecule has 0 radical (unpaired) electrons. The smallest absolute Gasteiger partial charge is 0.238 e. The molecule has 0 saturated heterocycles. The summed E-state index contributed by atoms with van der Waals surface area (Å²) in [7, 11) is 0. The lowest BCUT2D eigenvalue weighted by Gasteiger charge is -2.19. The largest absolute Gasteiger partial charge is 0.867 e. The summed E-state index contributed by atoms with van der Waals surface area (Å²) in [4.78, 5) is 0.243. The van der Waals surface area contributed by atoms with Crippen molar-refractivity contribution in [2.75, 3.05) is 5.32 Å². The van der Waals surface area contributed by atoms with E-state index < -0.39 is 0 Å². The summed E-state index contributed by atoms with van der Waals surface area (Å²) in [6, 6.07) is 14.0. The highest BCUT2D eigenvalue weighted by Gasteiger charge is 2.21. The second kappa shape index (κ2) is 9.14. The highest BCUT2D eigenvalue weighted by Crippen LogP contribution is 2.28. The molecule has 0 fully saturated rings. The number of hydrogen-bond acceptors (Lipinski definition) is 2. The molecule has 0 unspecified atom stereocenters. The van der Waals surface area contributed by atoms with Crippen molar-refractivity contribution in [2.24, 2.45) is 0 Å². The first kappa shape index (κ1) is 21.6. The minimum atomic E-state index is -0.342. The first-order chi connectivity index (χ1) is 13.8. The Kier molecular flexibility index (Phi) is 6.81. The Morgan fingerprint density at radius 3 is 2.48 bits per heavy atom. The van der Waals surface area contributed by atoms with Gasteiger partial charge in [0.1, 0.15) is 0 Å². The van der Waals surface area contributed by atoms with Gasteiger partial charge in [0.2, 0.25) is 5.70 Å². The Bertz CT molecular complexity index is 1130. The van der Waals surface area contributed by atoms with Crippen LogP contribution in [0.2, 0.25) is 15.1 Å². The van der Waals surface area contributed by atoms with Gasteiger partial charge in [0.05, 0.1) is 0 Å². The third kappa shape index (κ3) is 4.90. The topological polar surface area (TPSA) is 39.0 Å². The van der Waals surface area contributed by atoms with Crippen molar-refractivity contribution in [2.45, 2.75) is 13.8 Å². The average Bonchev–Trinajstić information content (AvgIpc) is 2.67. The van der Waals surface area contributed by atoms with E-state index in [0.717, 1.165) is 16.8 Å². The molecule has 2 aromatic carbocycles. The first-order valence-electron chi connectivity index (χ1n) is 8.69. The fourth-order valence-electron chi connectivity index (χ4n) is 2.79. The molecule has 0 aliphatic rings. The van der Waals surface area contributed by atoms with Crippen LogP contribution in [0, 0.1) is 13.8 Å². The van der Waals surface area contributed by atoms with Crippen LogP contribution in [-0.4, -0.2) is 4.99 Å². The van der Waals surface area contributed by atoms with Gasteiger partial charge in [-0.1, -0.05) is 53.1 Å². The van der Waals surface area contributed by atoms with E-state index in [1.807, 2.05) is 44.3 Å². The van der Waals surface area contributed by atoms with Gasteiger partial charge in [0.15, 0.2) is 17.4 Å². The number of anilines is 1. The number of nitrogens with one attached hydrogen (secondary N) is 1. The molecule has 3 aromatic rings. The van der Waals surface area contributed by atoms with Crippen LogP contribution in [0.1, 0.15) is 16.7 Å². The van der Waals surface area contributed by atoms with E-state index in [1.165, 1.54) is 6.07 Å². The number of pyridine rings is 1. The molecular weight excluding hydrogens is 447 g/mol. The molecule has 0 saturated carbocycles. The number of halogens is 3. The summed E-state index contributed by atoms with van der Waals surface area (Å²) < 4.78 is 1.68. The molecule has 1 N–H and O–H groups in total. The second-order valence-corrected chi connectivity index (χ2v) is 8.12. The average molecular weight is 464 g/mol. The summed E-state index contributed by atoms with van der Waals surface area (Å²) in [6.07, 6.45) is 3.59. The number of aryl methyl sites for hydroxylation is 1. The fraction of sp³-hybridized carbons (Fsp3) is 0.0909. The van der Waals surface area contributed by atoms with E-state index in [4.69, 9.17) is 47.0 Å². The maximum absolute atomic E-state index is 13.5. The highest BCUT2D eigenvalue weighted by atomic mass is 35.5. The summed E-state index contributed by atoms with van der Waals surface area (Å²) in [5, 5.41) is 17.9. The van der Waals surface area contributed by atoms with E-state index in [0.29, 0.717) is 15.1 Å². The van der Waals surface area contributed by atoms with E-state index in [9.17, 15) is 5.11 Å². The predicted octanol–water partition coefficient (Wildman–Crippen LogP) is 5.68. The number of aromatic nitrogens is 1. The van der Waals surface area contributed by atoms with Gasteiger partial charge in [-0.05, 0) is 67.1 Å². The summed E-state index contributed by atoms with van der Waals surface area (Å²) in [5.74, 6) is -0.342. The summed E-state index contributed by atoms with van der Waals surface area (Å²) in [5.41, 5.74) is 3.05. The zero-order valence-corrected chi connectivity index (χ0v) is 18.8. The van der Waals surface area contributed by atoms with Crippen molar-refractivity contribution in [1.29, 1.82) is 0 Å². The van der Waals surface area contributed by atoms with Gasteiger partial charge in [-0.15, -0.1) is 0 Å². The highest BCUT2D eigenvalue weighted by molar-refractivity contribution is 7.81. The van der Waals surface area contributed by atoms with Gasteiger partial charge in [-0.3, -0.25) is 0 Å². The van der Waals surface area contributed by atoms with Crippen LogP contribution in [0.5, 0.6) is 0 Å². The summed E-state index contributed by atoms with van der Waals surface area (Å²) in [6.45, 7) is 3.81. The Morgan fingerprint density at radius 2 is 1.76 bits per heavy atom. The zero-order chi connectivity index (χ0) is 21.1. The van der Waals surface area contributed by atoms with Gasteiger partial charge in [-0.2, -0.15) is 4.57 Å². The maximum Gasteiger partial charge on any atom is 0.238 e. The van der Waals surface area contributed by atoms with Crippen molar-refractivity contribution in [3.8, 4) is 0 Å². The van der Waals surface area contributed by atoms with Gasteiger partial charge >= 0.3 is 0 Å². The molecule has 0 amide bonds. The second-order valence-electron chi connectivity index (χ2n) is 6.46. The first-order valence-corrected chi connectivity index (χ1v) is 10.2. The standard InChI is InChI=1S/C22H17Cl3N2OS/c1-13-5-4-10-27(12-13)20(21(28)16-11-15(23)8-9-18(16)25)22(29)26-19-7-3-6-17(24)14(19)2/h3-12H,1-2H3,(H-,26,28,29). The Labute approximate surface area is 190 Å². The van der Waals surface area contributed by atoms with Crippen LogP contribution < -0.4 is 15.0 Å². The number of thiocarbonyl (C=S) groups is 1. The van der Waals surface area contributed by atoms with Crippen LogP contribution in [0.4, 0.5) is 5.69 Å². The van der Waals surface area contributed by atoms with Crippen LogP contribution in [-0.2, 0) is 0 Å². The SMILES string of the molecule is Cc1ccc[n+](/C(C(=S)Nc2cccc(Cl)c2C)=C(/[O-])c2cc(Cl)ccc2Cl)c1. The van der Waals surface area contributed by atoms with Crippen molar-refractivity contribution in [1.82, 2.24) is 0 Å². The van der Waals surface area contributed by atoms with Gasteiger partial charge < -0.3 is 10.4 Å². The molecule has 1 heterocycles. The molecule has 1 aromatic heterocycles. The molecule has 3 nitrogen and oxygen atoms in total. The van der Waals surface area contributed by atoms with Crippen LogP contribution in [0.25, 0.3) is 11.5 Å². The van der Waals surface area contributed by atoms with Gasteiger partial charge in [0, 0.05) is 32.4 Å². The number of rotatable bonds is 4. The molecule has 3 rings (SSSR count). The summed E-state index contributed by atoms with van der Waals surface area (Å²) >= 11 is 24.2. The lowest BCUT2D eigenvalue weighted by atomic mass is 10.1. The monoisotopic (exact) mass is 462 g/mol. The minimum Gasteiger partial charge on any atom is -0.867 e. The Balaban J connectivity index is 2.16. The molecule has 0 spiro atoms. The van der Waals surface area contributed by atoms with Gasteiger partial charge in [-0.25, -0.2) is 0 Å². The minimum absolute atomic E-state index is 0.243. The Morgan fingerprint density at radius 1 is 1.00 bits per heavy atom. The normalized spacial score (nSPS) is 11.8. The predicted molar refractivity (Wildman–Crippen MR) is 123 cm³/mol. The molecule has 0 atom stereocenters. The van der Waals surface area contributed by atoms with Crippen molar-refractivity contribution in [3.05, 3.63) is 92.7 Å². The number of nitrogens with zero attached hydrogens (tertiary/aromatic N) is 1. The van der Waals surface area contributed by atoms with Crippen molar-refractivity contribution < 1.29 is 9.67 Å². The Hall–Kier alpha value is -2.11. The molecule has 0 bridgehead atoms. The third-order valence-corrected chi connectivity index (χ3v) is 5.60. The molecule has 7 heteroatoms. The lowest BCUT2D eigenvalue weighted by Crippen LogP contribution is -2.40. The molecule has 29 heavy (non-hydrogen) atoms. The van der Waals surface area contributed by atoms with Crippen molar-refractivity contribution in [3.63, 3.8) is 0 Å². The van der Waals surface area contributed by atoms with Crippen molar-refractivity contribution >= 4 is 69.2 Å². The molecule has 0 aliphatic heterocycles. The van der Waals surface area contributed by atoms with Crippen LogP contribution >= 0.6 is 47.0 Å². The van der Waals surface area contributed by atoms with Crippen LogP contribution in [0.15, 0.2) is 60.9 Å². The maximum atomic E-state index is 13.5. The number of hydrogen-bond donors (Lipinski definition) is 1. The molecule has 148 valence electrons. The van der Waals surface area contributed by atoms with E-state index in [-0.39, 0.29) is 22.0 Å². The quantitative estimate of drug-likeness (QED) is 0.234.